The molecule has 0 aromatic carbocycles. The molecule has 548 valence electrons. The largest absolute Gasteiger partial charge is 1.00 e. The molecule has 0 radical (unpaired) electrons. The van der Waals surface area contributed by atoms with E-state index in [-0.39, 0.29) is 84.7 Å². The summed E-state index contributed by atoms with van der Waals surface area (Å²) in [6.45, 7) is 13.7. The fourth-order valence-corrected chi connectivity index (χ4v) is 17.7. The van der Waals surface area contributed by atoms with Crippen molar-refractivity contribution in [1.82, 2.24) is 0 Å². The summed E-state index contributed by atoms with van der Waals surface area (Å²) >= 11 is 0. The summed E-state index contributed by atoms with van der Waals surface area (Å²) in [5.41, 5.74) is -1.39. The van der Waals surface area contributed by atoms with Crippen LogP contribution in [0.4, 0.5) is 0 Å². The third kappa shape index (κ3) is 15.9. The van der Waals surface area contributed by atoms with Crippen LogP contribution in [0.3, 0.4) is 0 Å². The Labute approximate surface area is 579 Å². The molecular weight excluding hydrogens is 1310 g/mol. The summed E-state index contributed by atoms with van der Waals surface area (Å²) < 4.78 is 115. The summed E-state index contributed by atoms with van der Waals surface area (Å²) in [6, 6.07) is 0. The quantitative estimate of drug-likeness (QED) is 0.0233. The number of ether oxygens (including phenoxy) is 12. The van der Waals surface area contributed by atoms with Gasteiger partial charge in [-0.25, -0.2) is 8.42 Å². The minimum absolute atomic E-state index is 0. The number of rotatable bonds is 20. The van der Waals surface area contributed by atoms with Crippen molar-refractivity contribution in [3.63, 3.8) is 0 Å². The van der Waals surface area contributed by atoms with Crippen LogP contribution in [0.25, 0.3) is 0 Å². The minimum Gasteiger partial charge on any atom is -0.726 e. The molecule has 34 heteroatoms. The average molecular weight is 1410 g/mol. The van der Waals surface area contributed by atoms with Crippen LogP contribution < -0.4 is 29.6 Å². The fraction of sp³-hybridized carbons (Fsp3) is 0.952. The fourth-order valence-electron chi connectivity index (χ4n) is 17.2. The maximum atomic E-state index is 13.3. The first-order chi connectivity index (χ1) is 44.4. The van der Waals surface area contributed by atoms with E-state index in [1.165, 1.54) is 27.7 Å². The number of carbonyl (C=O) groups is 1. The molecule has 6 saturated heterocycles. The van der Waals surface area contributed by atoms with E-state index in [1.807, 2.05) is 13.8 Å². The molecule has 10 rings (SSSR count). The molecule has 0 aromatic heterocycles. The number of aliphatic hydroxyl groups is 15. The predicted molar refractivity (Wildman–Crippen MR) is 315 cm³/mol. The third-order valence-corrected chi connectivity index (χ3v) is 22.9. The summed E-state index contributed by atoms with van der Waals surface area (Å²) in [4.78, 5) is 13.3. The van der Waals surface area contributed by atoms with Gasteiger partial charge in [0.2, 0.25) is 10.4 Å². The predicted octanol–water partition coefficient (Wildman–Crippen LogP) is -7.16. The maximum Gasteiger partial charge on any atom is 1.00 e. The number of allylic oxidation sites excluding steroid dienone is 2. The van der Waals surface area contributed by atoms with Crippen molar-refractivity contribution in [2.45, 2.75) is 316 Å². The molecule has 10 aliphatic rings. The van der Waals surface area contributed by atoms with Crippen molar-refractivity contribution in [2.75, 3.05) is 13.2 Å². The third-order valence-electron chi connectivity index (χ3n) is 22.4. The van der Waals surface area contributed by atoms with E-state index >= 15 is 0 Å². The van der Waals surface area contributed by atoms with E-state index in [1.54, 1.807) is 6.92 Å². The number of fused-ring (bicyclic) bond motifs is 5. The summed E-state index contributed by atoms with van der Waals surface area (Å²) in [5.74, 6) is -0.979. The molecule has 96 heavy (non-hydrogen) atoms. The molecule has 0 aromatic rings. The molecule has 15 N–H and O–H groups in total. The van der Waals surface area contributed by atoms with E-state index in [4.69, 9.17) is 61.0 Å². The van der Waals surface area contributed by atoms with E-state index in [0.29, 0.717) is 32.1 Å². The number of Topliss-reactive ketones (excluding diaryl/α,β-unsaturated/α-hetero) is 1. The van der Waals surface area contributed by atoms with Crippen LogP contribution in [0.2, 0.25) is 0 Å². The van der Waals surface area contributed by atoms with Crippen molar-refractivity contribution < 1.29 is 185 Å². The van der Waals surface area contributed by atoms with Crippen LogP contribution in [-0.4, -0.2) is 305 Å². The van der Waals surface area contributed by atoms with Gasteiger partial charge in [0, 0.05) is 12.8 Å². The van der Waals surface area contributed by atoms with Crippen LogP contribution in [0.5, 0.6) is 0 Å². The van der Waals surface area contributed by atoms with E-state index < -0.39 is 236 Å². The minimum atomic E-state index is -5.16. The Bertz CT molecular complexity index is 2740. The van der Waals surface area contributed by atoms with Gasteiger partial charge in [-0.05, 0) is 120 Å². The zero-order chi connectivity index (χ0) is 69.6. The van der Waals surface area contributed by atoms with Crippen LogP contribution >= 0.6 is 0 Å². The van der Waals surface area contributed by atoms with Gasteiger partial charge < -0.3 is 138 Å². The molecule has 9 fully saturated rings. The van der Waals surface area contributed by atoms with E-state index in [0.717, 1.165) is 5.57 Å². The van der Waals surface area contributed by atoms with Crippen LogP contribution in [0.15, 0.2) is 11.6 Å². The first-order valence-corrected chi connectivity index (χ1v) is 34.6. The summed E-state index contributed by atoms with van der Waals surface area (Å²) in [7, 11) is -5.16. The van der Waals surface area contributed by atoms with Crippen molar-refractivity contribution in [2.24, 2.45) is 40.4 Å². The standard InChI is InChI=1S/C62H102O32S.Na/c1-22(2)16-27(64)19-62(9,78)36-11-10-30-29-18-33(32-17-28(94-95(79,80)81)12-14-60(32,7)31(29)13-15-61(30,36)8)87-56-48(76)51(40(68)25(5)85-56)91-58-52(92-55-47(75)44(72)38(66)24(4)84-55)42(70)35(21-82-58)89-59-53(45(73)41(69)34(20-63)88-59)93-57-49(77)50(39(67)26(6)86-57)90-54-46(74)43(71)37(65)23(3)83-54;/h13,22-26,28-30,32-59,63,65-78H,10-12,14-21H2,1-9H3,(H,79,80,81);/q;+1/p-1/t23-,24-,25-,26-,28+,29+,30+,32-,33+,34-,35-,36+,37+,38-,39+,40-,41+,42+,43+,44+,45+,46-,47-,48-,49-,50+,51+,52-,53-,54?,55?,56?,57?,58?,59?,60-,61+,62-;/m1./s1. The topological polar surface area (TPSA) is 498 Å². The Hall–Kier alpha value is -0.800. The van der Waals surface area contributed by atoms with Gasteiger partial charge in [-0.3, -0.25) is 8.98 Å². The first kappa shape index (κ1) is 79.3. The Morgan fingerprint density at radius 3 is 1.61 bits per heavy atom. The number of hydrogen-bond donors (Lipinski definition) is 15. The molecule has 4 aliphatic carbocycles. The van der Waals surface area contributed by atoms with Gasteiger partial charge in [0.15, 0.2) is 37.7 Å². The molecule has 32 nitrogen and oxygen atoms in total. The Morgan fingerprint density at radius 1 is 0.594 bits per heavy atom. The Kier molecular flexibility index (Phi) is 25.7. The molecule has 0 bridgehead atoms. The summed E-state index contributed by atoms with van der Waals surface area (Å²) in [6.07, 6.45) is -47.2. The number of carbonyl (C=O) groups excluding carboxylic acids is 1. The van der Waals surface area contributed by atoms with Crippen LogP contribution in [-0.2, 0) is 76.2 Å². The van der Waals surface area contributed by atoms with E-state index in [2.05, 4.69) is 19.9 Å². The normalized spacial score (nSPS) is 51.5. The second-order valence-corrected chi connectivity index (χ2v) is 30.4. The van der Waals surface area contributed by atoms with E-state index in [9.17, 15) is 94.4 Å². The second kappa shape index (κ2) is 31.1. The smallest absolute Gasteiger partial charge is 0.726 e. The van der Waals surface area contributed by atoms with Crippen molar-refractivity contribution in [3.05, 3.63) is 11.6 Å². The average Bonchev–Trinajstić information content (AvgIpc) is 1.33. The molecule has 6 aliphatic heterocycles. The van der Waals surface area contributed by atoms with Crippen molar-refractivity contribution >= 4 is 16.2 Å². The van der Waals surface area contributed by atoms with Crippen molar-refractivity contribution in [1.29, 1.82) is 0 Å². The molecule has 6 unspecified atom stereocenters. The molecule has 0 spiro atoms. The number of aliphatic hydroxyl groups excluding tert-OH is 14. The molecule has 0 amide bonds. The van der Waals surface area contributed by atoms with Crippen molar-refractivity contribution in [3.8, 4) is 0 Å². The van der Waals surface area contributed by atoms with Gasteiger partial charge in [0.05, 0.1) is 55.4 Å². The van der Waals surface area contributed by atoms with Gasteiger partial charge in [-0.2, -0.15) is 0 Å². The zero-order valence-corrected chi connectivity index (χ0v) is 58.5. The number of hydrogen-bond acceptors (Lipinski definition) is 32. The Morgan fingerprint density at radius 2 is 1.08 bits per heavy atom. The molecule has 3 saturated carbocycles. The second-order valence-electron chi connectivity index (χ2n) is 29.4. The van der Waals surface area contributed by atoms with Crippen LogP contribution in [0.1, 0.15) is 120 Å². The summed E-state index contributed by atoms with van der Waals surface area (Å²) in [5, 5.41) is 169. The van der Waals surface area contributed by atoms with Crippen LogP contribution in [0, 0.1) is 40.4 Å². The monoisotopic (exact) mass is 1410 g/mol. The molecular formula is C62H101NaO32S. The van der Waals surface area contributed by atoms with Gasteiger partial charge in [-0.1, -0.05) is 39.3 Å². The molecule has 6 heterocycles. The maximum absolute atomic E-state index is 13.3. The first-order valence-electron chi connectivity index (χ1n) is 33.3. The van der Waals surface area contributed by atoms with Gasteiger partial charge in [0.25, 0.3) is 0 Å². The number of ketones is 1. The molecule has 38 atom stereocenters. The Balaban J connectivity index is 0.0000108. The van der Waals surface area contributed by atoms with Gasteiger partial charge in [-0.15, -0.1) is 0 Å². The van der Waals surface area contributed by atoms with Gasteiger partial charge >= 0.3 is 29.6 Å². The zero-order valence-electron chi connectivity index (χ0n) is 55.7. The SMILES string of the molecule is CC(C)CC(=O)C[C@@](C)(O)[C@H]1CC[C@H]2[C@@H]3C[C@H](OC4O[C@H](C)[C@@H](O)[C@H](OC5OC[C@@H](OC6O[C@H](CO)[C@H](O)[C@H](O)[C@H]6OC6O[C@H](C)[C@H](O)[C@H](OC7O[C@H](C)[C@H](O)[C@H](O)[C@H]7O)[C@H]6O)[C@H](O)[C@H]5OC5O[C@H](C)[C@@H](O)[C@H](O)[C@H]5O)[C@H]4O)[C@H]4C[C@@H](OS(=O)(=O)[O-])CC[C@]4(C)C3=CC[C@@]21C.[Na+]. The van der Waals surface area contributed by atoms with Gasteiger partial charge in [0.1, 0.15) is 122 Å².